The maximum absolute atomic E-state index is 13.3. The summed E-state index contributed by atoms with van der Waals surface area (Å²) in [6.07, 6.45) is 1.58. The van der Waals surface area contributed by atoms with E-state index in [-0.39, 0.29) is 10.7 Å². The third-order valence-electron chi connectivity index (χ3n) is 4.37. The molecule has 0 saturated carbocycles. The van der Waals surface area contributed by atoms with Crippen molar-refractivity contribution in [1.82, 2.24) is 4.90 Å². The Bertz CT molecular complexity index is 867. The van der Waals surface area contributed by atoms with Gasteiger partial charge in [0.2, 0.25) is 0 Å². The molecular weight excluding hydrogens is 395 g/mol. The third kappa shape index (κ3) is 6.82. The van der Waals surface area contributed by atoms with E-state index in [0.717, 1.165) is 0 Å². The standard InChI is InChI=1S/C22H28ClFN2O3/c1-14(22(6,7)26(8)20(28)29-21(3,4)5)11-17(13-27)25-15(2)16-9-10-19(24)18(23)12-16/h9-13H,1H2,2-8H3/b17-11-,25-15?. The number of aliphatic imine (C=N–C) groups is 1. The Balaban J connectivity index is 3.13. The smallest absolute Gasteiger partial charge is 0.410 e. The maximum Gasteiger partial charge on any atom is 0.410 e. The Hall–Kier alpha value is -2.47. The van der Waals surface area contributed by atoms with Crippen LogP contribution in [0.5, 0.6) is 0 Å². The lowest BCUT2D eigenvalue weighted by Gasteiger charge is -2.37. The quantitative estimate of drug-likeness (QED) is 0.260. The summed E-state index contributed by atoms with van der Waals surface area (Å²) in [6, 6.07) is 4.20. The number of allylic oxidation sites excluding steroid dienone is 1. The van der Waals surface area contributed by atoms with E-state index in [4.69, 9.17) is 16.3 Å². The molecule has 7 heteroatoms. The van der Waals surface area contributed by atoms with Gasteiger partial charge in [-0.15, -0.1) is 0 Å². The van der Waals surface area contributed by atoms with Gasteiger partial charge in [0.15, 0.2) is 6.29 Å². The van der Waals surface area contributed by atoms with Crippen molar-refractivity contribution in [2.45, 2.75) is 52.7 Å². The second kappa shape index (κ2) is 9.35. The highest BCUT2D eigenvalue weighted by atomic mass is 35.5. The van der Waals surface area contributed by atoms with Crippen LogP contribution in [0.1, 0.15) is 47.1 Å². The average Bonchev–Trinajstić information content (AvgIpc) is 2.60. The van der Waals surface area contributed by atoms with E-state index in [0.29, 0.717) is 23.1 Å². The minimum Gasteiger partial charge on any atom is -0.444 e. The molecular formula is C22H28ClFN2O3. The Morgan fingerprint density at radius 1 is 1.28 bits per heavy atom. The minimum atomic E-state index is -0.834. The highest BCUT2D eigenvalue weighted by Crippen LogP contribution is 2.26. The monoisotopic (exact) mass is 422 g/mol. The molecule has 0 fully saturated rings. The molecule has 0 bridgehead atoms. The maximum atomic E-state index is 13.3. The molecule has 0 spiro atoms. The topological polar surface area (TPSA) is 59.0 Å². The van der Waals surface area contributed by atoms with Crippen molar-refractivity contribution < 1.29 is 18.7 Å². The van der Waals surface area contributed by atoms with Crippen LogP contribution < -0.4 is 0 Å². The molecule has 0 N–H and O–H groups in total. The van der Waals surface area contributed by atoms with Gasteiger partial charge in [-0.1, -0.05) is 24.2 Å². The molecule has 0 aliphatic carbocycles. The van der Waals surface area contributed by atoms with E-state index < -0.39 is 23.1 Å². The van der Waals surface area contributed by atoms with Crippen LogP contribution >= 0.6 is 11.6 Å². The second-order valence-corrected chi connectivity index (χ2v) is 8.54. The molecule has 0 aromatic heterocycles. The minimum absolute atomic E-state index is 0.0294. The average molecular weight is 423 g/mol. The zero-order valence-electron chi connectivity index (χ0n) is 18.0. The number of carbonyl (C=O) groups excluding carboxylic acids is 2. The van der Waals surface area contributed by atoms with Gasteiger partial charge in [0.1, 0.15) is 17.1 Å². The van der Waals surface area contributed by atoms with Gasteiger partial charge < -0.3 is 9.64 Å². The Labute approximate surface area is 176 Å². The number of likely N-dealkylation sites (N-methyl/N-ethyl adjacent to an activating group) is 1. The molecule has 0 heterocycles. The van der Waals surface area contributed by atoms with Crippen molar-refractivity contribution >= 4 is 29.7 Å². The number of halogens is 2. The van der Waals surface area contributed by atoms with E-state index in [9.17, 15) is 14.0 Å². The van der Waals surface area contributed by atoms with Crippen molar-refractivity contribution in [3.8, 4) is 0 Å². The first-order valence-electron chi connectivity index (χ1n) is 9.03. The third-order valence-corrected chi connectivity index (χ3v) is 4.66. The summed E-state index contributed by atoms with van der Waals surface area (Å²) in [7, 11) is 1.60. The summed E-state index contributed by atoms with van der Waals surface area (Å²) in [4.78, 5) is 29.6. The Kier molecular flexibility index (Phi) is 7.92. The van der Waals surface area contributed by atoms with Crippen LogP contribution in [0.3, 0.4) is 0 Å². The van der Waals surface area contributed by atoms with Crippen LogP contribution in [0.4, 0.5) is 9.18 Å². The van der Waals surface area contributed by atoms with E-state index in [2.05, 4.69) is 11.6 Å². The van der Waals surface area contributed by atoms with E-state index in [1.165, 1.54) is 29.2 Å². The summed E-state index contributed by atoms with van der Waals surface area (Å²) in [6.45, 7) is 14.6. The molecule has 1 amide bonds. The number of hydrogen-bond donors (Lipinski definition) is 0. The van der Waals surface area contributed by atoms with Crippen molar-refractivity contribution in [2.75, 3.05) is 7.05 Å². The molecule has 0 atom stereocenters. The predicted octanol–water partition coefficient (Wildman–Crippen LogP) is 5.57. The lowest BCUT2D eigenvalue weighted by molar-refractivity contribution is -0.104. The molecule has 0 aliphatic heterocycles. The summed E-state index contributed by atoms with van der Waals surface area (Å²) >= 11 is 5.81. The number of amides is 1. The molecule has 0 radical (unpaired) electrons. The van der Waals surface area contributed by atoms with E-state index in [1.807, 2.05) is 0 Å². The van der Waals surface area contributed by atoms with Crippen LogP contribution in [0, 0.1) is 5.82 Å². The summed E-state index contributed by atoms with van der Waals surface area (Å²) in [5, 5.41) is -0.0294. The first-order valence-corrected chi connectivity index (χ1v) is 9.40. The molecule has 5 nitrogen and oxygen atoms in total. The Morgan fingerprint density at radius 3 is 2.34 bits per heavy atom. The van der Waals surface area contributed by atoms with Crippen LogP contribution in [-0.4, -0.2) is 41.2 Å². The number of carbonyl (C=O) groups is 2. The zero-order chi connectivity index (χ0) is 22.6. The van der Waals surface area contributed by atoms with Gasteiger partial charge in [-0.2, -0.15) is 0 Å². The van der Waals surface area contributed by atoms with Gasteiger partial charge in [-0.25, -0.2) is 14.2 Å². The normalized spacial score (nSPS) is 13.1. The van der Waals surface area contributed by atoms with E-state index >= 15 is 0 Å². The van der Waals surface area contributed by atoms with Crippen molar-refractivity contribution in [3.05, 3.63) is 58.5 Å². The summed E-state index contributed by atoms with van der Waals surface area (Å²) in [5.74, 6) is -0.533. The lowest BCUT2D eigenvalue weighted by atomic mass is 9.93. The molecule has 158 valence electrons. The molecule has 29 heavy (non-hydrogen) atoms. The SMILES string of the molecule is C=C(/C=C(/C=O)N=C(C)c1ccc(F)c(Cl)c1)C(C)(C)N(C)C(=O)OC(C)(C)C. The Morgan fingerprint density at radius 2 is 1.86 bits per heavy atom. The zero-order valence-corrected chi connectivity index (χ0v) is 18.7. The van der Waals surface area contributed by atoms with Crippen LogP contribution in [0.25, 0.3) is 0 Å². The van der Waals surface area contributed by atoms with Crippen molar-refractivity contribution in [3.63, 3.8) is 0 Å². The number of benzene rings is 1. The highest BCUT2D eigenvalue weighted by Gasteiger charge is 2.32. The van der Waals surface area contributed by atoms with Crippen molar-refractivity contribution in [2.24, 2.45) is 4.99 Å². The van der Waals surface area contributed by atoms with E-state index in [1.54, 1.807) is 48.6 Å². The molecule has 0 aliphatic rings. The molecule has 0 saturated heterocycles. The largest absolute Gasteiger partial charge is 0.444 e. The van der Waals surface area contributed by atoms with Gasteiger partial charge in [0, 0.05) is 12.8 Å². The van der Waals surface area contributed by atoms with Gasteiger partial charge in [0.25, 0.3) is 0 Å². The number of hydrogen-bond acceptors (Lipinski definition) is 4. The van der Waals surface area contributed by atoms with Crippen LogP contribution in [0.2, 0.25) is 5.02 Å². The molecule has 1 aromatic carbocycles. The predicted molar refractivity (Wildman–Crippen MR) is 115 cm³/mol. The van der Waals surface area contributed by atoms with Gasteiger partial charge in [-0.05, 0) is 70.9 Å². The molecule has 1 aromatic rings. The first kappa shape index (κ1) is 24.6. The fourth-order valence-corrected chi connectivity index (χ4v) is 2.38. The first-order chi connectivity index (χ1) is 13.2. The van der Waals surface area contributed by atoms with Gasteiger partial charge in [-0.3, -0.25) is 4.79 Å². The highest BCUT2D eigenvalue weighted by molar-refractivity contribution is 6.31. The fraction of sp³-hybridized carbons (Fsp3) is 0.409. The number of rotatable bonds is 6. The van der Waals surface area contributed by atoms with Crippen molar-refractivity contribution in [1.29, 1.82) is 0 Å². The second-order valence-electron chi connectivity index (χ2n) is 8.14. The van der Waals surface area contributed by atoms with Crippen LogP contribution in [-0.2, 0) is 9.53 Å². The van der Waals surface area contributed by atoms with Gasteiger partial charge >= 0.3 is 6.09 Å². The summed E-state index contributed by atoms with van der Waals surface area (Å²) < 4.78 is 18.7. The van der Waals surface area contributed by atoms with Gasteiger partial charge in [0.05, 0.1) is 10.6 Å². The molecule has 0 unspecified atom stereocenters. The van der Waals surface area contributed by atoms with Crippen LogP contribution in [0.15, 0.2) is 47.1 Å². The number of ether oxygens (including phenoxy) is 1. The number of nitrogens with zero attached hydrogens (tertiary/aromatic N) is 2. The summed E-state index contributed by atoms with van der Waals surface area (Å²) in [5.41, 5.74) is 0.195. The number of aldehydes is 1. The molecule has 1 rings (SSSR count). The lowest BCUT2D eigenvalue weighted by Crippen LogP contribution is -2.48. The fourth-order valence-electron chi connectivity index (χ4n) is 2.20.